The molecule has 0 saturated heterocycles. The maximum Gasteiger partial charge on any atom is 0.350 e. The molecule has 9 heteroatoms. The highest BCUT2D eigenvalue weighted by Crippen LogP contribution is 2.24. The molecule has 0 aliphatic heterocycles. The van der Waals surface area contributed by atoms with Crippen molar-refractivity contribution < 1.29 is 18.7 Å². The van der Waals surface area contributed by atoms with E-state index in [2.05, 4.69) is 20.6 Å². The van der Waals surface area contributed by atoms with Gasteiger partial charge in [-0.3, -0.25) is 4.99 Å². The first kappa shape index (κ1) is 22.6. The van der Waals surface area contributed by atoms with Crippen molar-refractivity contribution in [2.75, 3.05) is 20.2 Å². The average molecular weight is 423 g/mol. The topological polar surface area (TPSA) is 84.8 Å². The fraction of sp³-hybridized carbons (Fsp3) is 0.450. The number of nitrogens with zero attached hydrogens (tertiary/aromatic N) is 2. The molecule has 0 saturated carbocycles. The van der Waals surface area contributed by atoms with Crippen LogP contribution in [0, 0.1) is 12.7 Å². The Balaban J connectivity index is 1.89. The maximum atomic E-state index is 13.0. The van der Waals surface area contributed by atoms with Crippen molar-refractivity contribution in [1.82, 2.24) is 15.6 Å². The number of hydrogen-bond donors (Lipinski definition) is 2. The van der Waals surface area contributed by atoms with Crippen LogP contribution in [0.25, 0.3) is 0 Å². The number of hydrogen-bond acceptors (Lipinski definition) is 6. The standard InChI is InChI=1S/C20H27FN4O3S/c1-6-27-19(26)17-13(3)24-18(29-17)14(4)25-20(22-5)23-11-12(2)28-16-9-7-15(21)8-10-16/h7-10,12,14H,6,11H2,1-5H3,(H2,22,23,25). The Morgan fingerprint density at radius 1 is 1.31 bits per heavy atom. The quantitative estimate of drug-likeness (QED) is 0.385. The number of rotatable bonds is 8. The van der Waals surface area contributed by atoms with Crippen LogP contribution < -0.4 is 15.4 Å². The van der Waals surface area contributed by atoms with E-state index in [9.17, 15) is 9.18 Å². The highest BCUT2D eigenvalue weighted by atomic mass is 32.1. The number of ether oxygens (including phenoxy) is 2. The third-order valence-corrected chi connectivity index (χ3v) is 5.25. The minimum atomic E-state index is -0.352. The molecule has 0 aliphatic carbocycles. The van der Waals surface area contributed by atoms with E-state index in [4.69, 9.17) is 9.47 Å². The molecule has 29 heavy (non-hydrogen) atoms. The van der Waals surface area contributed by atoms with Gasteiger partial charge in [0.1, 0.15) is 27.6 Å². The van der Waals surface area contributed by atoms with Crippen LogP contribution in [0.15, 0.2) is 29.3 Å². The molecule has 7 nitrogen and oxygen atoms in total. The van der Waals surface area contributed by atoms with Gasteiger partial charge in [0, 0.05) is 7.05 Å². The molecule has 1 aromatic heterocycles. The van der Waals surface area contributed by atoms with Crippen LogP contribution in [-0.4, -0.2) is 43.2 Å². The number of aromatic nitrogens is 1. The summed E-state index contributed by atoms with van der Waals surface area (Å²) >= 11 is 1.31. The van der Waals surface area contributed by atoms with Gasteiger partial charge in [0.25, 0.3) is 0 Å². The number of halogens is 1. The Morgan fingerprint density at radius 2 is 2.00 bits per heavy atom. The lowest BCUT2D eigenvalue weighted by atomic mass is 10.3. The van der Waals surface area contributed by atoms with E-state index < -0.39 is 0 Å². The SMILES string of the molecule is CCOC(=O)c1sc(C(C)NC(=NC)NCC(C)Oc2ccc(F)cc2)nc1C. The van der Waals surface area contributed by atoms with Gasteiger partial charge in [0.2, 0.25) is 0 Å². The summed E-state index contributed by atoms with van der Waals surface area (Å²) in [4.78, 5) is 21.2. The van der Waals surface area contributed by atoms with Gasteiger partial charge in [0.15, 0.2) is 5.96 Å². The van der Waals surface area contributed by atoms with Gasteiger partial charge in [-0.15, -0.1) is 11.3 Å². The monoisotopic (exact) mass is 422 g/mol. The van der Waals surface area contributed by atoms with Gasteiger partial charge in [-0.05, 0) is 52.0 Å². The summed E-state index contributed by atoms with van der Waals surface area (Å²) in [6, 6.07) is 5.75. The number of guanidine groups is 1. The fourth-order valence-electron chi connectivity index (χ4n) is 2.48. The van der Waals surface area contributed by atoms with E-state index in [0.717, 1.165) is 5.01 Å². The first-order chi connectivity index (χ1) is 13.8. The number of carbonyl (C=O) groups is 1. The second-order valence-corrected chi connectivity index (χ2v) is 7.42. The van der Waals surface area contributed by atoms with Crippen molar-refractivity contribution in [1.29, 1.82) is 0 Å². The summed E-state index contributed by atoms with van der Waals surface area (Å²) in [5.74, 6) is 0.528. The second-order valence-electron chi connectivity index (χ2n) is 6.39. The molecule has 0 fully saturated rings. The van der Waals surface area contributed by atoms with E-state index in [1.807, 2.05) is 13.8 Å². The normalized spacial score (nSPS) is 13.5. The van der Waals surface area contributed by atoms with Crippen LogP contribution in [0.4, 0.5) is 4.39 Å². The fourth-order valence-corrected chi connectivity index (χ4v) is 3.44. The molecule has 2 N–H and O–H groups in total. The van der Waals surface area contributed by atoms with E-state index in [1.165, 1.54) is 23.5 Å². The molecule has 2 unspecified atom stereocenters. The van der Waals surface area contributed by atoms with Crippen molar-refractivity contribution in [3.8, 4) is 5.75 Å². The van der Waals surface area contributed by atoms with Crippen LogP contribution in [0.2, 0.25) is 0 Å². The van der Waals surface area contributed by atoms with E-state index in [0.29, 0.717) is 35.4 Å². The number of esters is 1. The summed E-state index contributed by atoms with van der Waals surface area (Å²) in [5.41, 5.74) is 0.654. The molecule has 0 bridgehead atoms. The van der Waals surface area contributed by atoms with Crippen LogP contribution in [0.1, 0.15) is 47.2 Å². The first-order valence-corrected chi connectivity index (χ1v) is 10.2. The molecule has 1 heterocycles. The van der Waals surface area contributed by atoms with E-state index in [-0.39, 0.29) is 23.9 Å². The molecule has 0 spiro atoms. The maximum absolute atomic E-state index is 13.0. The van der Waals surface area contributed by atoms with Crippen LogP contribution in [0.5, 0.6) is 5.75 Å². The zero-order valence-electron chi connectivity index (χ0n) is 17.3. The smallest absolute Gasteiger partial charge is 0.350 e. The summed E-state index contributed by atoms with van der Waals surface area (Å²) in [6.45, 7) is 8.24. The lowest BCUT2D eigenvalue weighted by molar-refractivity contribution is 0.0531. The molecule has 2 atom stereocenters. The summed E-state index contributed by atoms with van der Waals surface area (Å²) < 4.78 is 23.8. The summed E-state index contributed by atoms with van der Waals surface area (Å²) in [7, 11) is 1.67. The Hall–Kier alpha value is -2.68. The zero-order chi connectivity index (χ0) is 21.4. The summed E-state index contributed by atoms with van der Waals surface area (Å²) in [5, 5.41) is 7.21. The van der Waals surface area contributed by atoms with Gasteiger partial charge in [-0.2, -0.15) is 0 Å². The molecule has 0 amide bonds. The van der Waals surface area contributed by atoms with Crippen molar-refractivity contribution in [2.24, 2.45) is 4.99 Å². The highest BCUT2D eigenvalue weighted by molar-refractivity contribution is 7.13. The molecule has 0 radical (unpaired) electrons. The predicted molar refractivity (Wildman–Crippen MR) is 112 cm³/mol. The highest BCUT2D eigenvalue weighted by Gasteiger charge is 2.20. The number of carbonyl (C=O) groups excluding carboxylic acids is 1. The van der Waals surface area contributed by atoms with Crippen molar-refractivity contribution in [3.05, 3.63) is 45.7 Å². The number of nitrogens with one attached hydrogen (secondary N) is 2. The van der Waals surface area contributed by atoms with Crippen molar-refractivity contribution >= 4 is 23.3 Å². The number of thiazole rings is 1. The molecule has 158 valence electrons. The van der Waals surface area contributed by atoms with Crippen molar-refractivity contribution in [3.63, 3.8) is 0 Å². The van der Waals surface area contributed by atoms with Gasteiger partial charge in [-0.25, -0.2) is 14.2 Å². The average Bonchev–Trinajstić information content (AvgIpc) is 3.09. The van der Waals surface area contributed by atoms with Gasteiger partial charge < -0.3 is 20.1 Å². The third kappa shape index (κ3) is 6.70. The molecule has 1 aromatic carbocycles. The molecule has 2 aromatic rings. The molecular formula is C20H27FN4O3S. The van der Waals surface area contributed by atoms with Gasteiger partial charge >= 0.3 is 5.97 Å². The van der Waals surface area contributed by atoms with Crippen LogP contribution >= 0.6 is 11.3 Å². The molecular weight excluding hydrogens is 395 g/mol. The Labute approximate surface area is 174 Å². The number of aliphatic imine (C=N–C) groups is 1. The second kappa shape index (κ2) is 10.8. The Morgan fingerprint density at radius 3 is 2.62 bits per heavy atom. The minimum absolute atomic E-state index is 0.151. The van der Waals surface area contributed by atoms with Gasteiger partial charge in [0.05, 0.1) is 24.9 Å². The first-order valence-electron chi connectivity index (χ1n) is 9.37. The van der Waals surface area contributed by atoms with Gasteiger partial charge in [-0.1, -0.05) is 0 Å². The van der Waals surface area contributed by atoms with Crippen LogP contribution in [-0.2, 0) is 4.74 Å². The Kier molecular flexibility index (Phi) is 8.38. The Bertz CT molecular complexity index is 839. The lowest BCUT2D eigenvalue weighted by Crippen LogP contribution is -2.42. The van der Waals surface area contributed by atoms with Crippen molar-refractivity contribution in [2.45, 2.75) is 39.8 Å². The zero-order valence-corrected chi connectivity index (χ0v) is 18.1. The minimum Gasteiger partial charge on any atom is -0.489 e. The largest absolute Gasteiger partial charge is 0.489 e. The van der Waals surface area contributed by atoms with Crippen LogP contribution in [0.3, 0.4) is 0 Å². The summed E-state index contributed by atoms with van der Waals surface area (Å²) in [6.07, 6.45) is -0.160. The number of benzene rings is 1. The molecule has 0 aliphatic rings. The lowest BCUT2D eigenvalue weighted by Gasteiger charge is -2.19. The molecule has 2 rings (SSSR count). The van der Waals surface area contributed by atoms with E-state index in [1.54, 1.807) is 33.0 Å². The predicted octanol–water partition coefficient (Wildman–Crippen LogP) is 3.46. The number of aryl methyl sites for hydroxylation is 1. The van der Waals surface area contributed by atoms with E-state index >= 15 is 0 Å². The third-order valence-electron chi connectivity index (χ3n) is 3.93.